The Balaban J connectivity index is 1.25. The number of carbonyl (C=O) groups excluding carboxylic acids is 1. The maximum Gasteiger partial charge on any atom is 0.236 e. The fourth-order valence-corrected chi connectivity index (χ4v) is 5.78. The summed E-state index contributed by atoms with van der Waals surface area (Å²) < 4.78 is 5.93. The van der Waals surface area contributed by atoms with Gasteiger partial charge in [0.25, 0.3) is 0 Å². The van der Waals surface area contributed by atoms with E-state index in [2.05, 4.69) is 38.9 Å². The van der Waals surface area contributed by atoms with E-state index in [0.29, 0.717) is 30.5 Å². The van der Waals surface area contributed by atoms with E-state index in [9.17, 15) is 4.79 Å². The highest BCUT2D eigenvalue weighted by atomic mass is 16.5. The number of carbonyl (C=O) groups is 1. The quantitative estimate of drug-likeness (QED) is 0.568. The second kappa shape index (κ2) is 8.80. The highest BCUT2D eigenvalue weighted by Crippen LogP contribution is 2.52. The molecule has 1 saturated carbocycles. The van der Waals surface area contributed by atoms with Crippen LogP contribution in [-0.2, 0) is 9.53 Å². The zero-order chi connectivity index (χ0) is 20.4. The number of aliphatic imine (C=N–C) groups is 1. The van der Waals surface area contributed by atoms with Gasteiger partial charge in [-0.05, 0) is 19.3 Å². The molecular weight excluding hydrogens is 366 g/mol. The molecule has 3 aliphatic heterocycles. The SMILES string of the molecule is CN=C(NC1C2CCOC2C1(C)C)N1CCN(CC(=O)N2CCCCCC2)CC1. The van der Waals surface area contributed by atoms with Crippen molar-refractivity contribution < 1.29 is 9.53 Å². The standard InChI is InChI=1S/C22H39N5O2/c1-22(2)19(17-8-15-29-20(17)22)24-21(23-3)27-13-11-25(12-14-27)16-18(28)26-9-6-4-5-7-10-26/h17,19-20H,4-16H2,1-3H3,(H,23,24). The molecule has 7 heteroatoms. The molecule has 0 aromatic carbocycles. The van der Waals surface area contributed by atoms with E-state index in [1.54, 1.807) is 0 Å². The van der Waals surface area contributed by atoms with Gasteiger partial charge < -0.3 is 19.9 Å². The first-order valence-electron chi connectivity index (χ1n) is 11.6. The van der Waals surface area contributed by atoms with Gasteiger partial charge in [0, 0.05) is 70.3 Å². The van der Waals surface area contributed by atoms with E-state index < -0.39 is 0 Å². The maximum atomic E-state index is 12.7. The molecule has 164 valence electrons. The molecule has 0 aromatic heterocycles. The number of nitrogens with one attached hydrogen (secondary N) is 1. The lowest BCUT2D eigenvalue weighted by Gasteiger charge is -2.55. The van der Waals surface area contributed by atoms with Crippen molar-refractivity contribution in [2.24, 2.45) is 16.3 Å². The smallest absolute Gasteiger partial charge is 0.236 e. The third-order valence-corrected chi connectivity index (χ3v) is 7.59. The number of ether oxygens (including phenoxy) is 1. The Hall–Kier alpha value is -1.34. The van der Waals surface area contributed by atoms with E-state index in [-0.39, 0.29) is 5.41 Å². The fraction of sp³-hybridized carbons (Fsp3) is 0.909. The highest BCUT2D eigenvalue weighted by Gasteiger charge is 2.59. The number of rotatable bonds is 3. The van der Waals surface area contributed by atoms with Gasteiger partial charge >= 0.3 is 0 Å². The predicted molar refractivity (Wildman–Crippen MR) is 115 cm³/mol. The van der Waals surface area contributed by atoms with Crippen LogP contribution in [0.25, 0.3) is 0 Å². The summed E-state index contributed by atoms with van der Waals surface area (Å²) in [6.45, 7) is 11.6. The molecule has 0 spiro atoms. The van der Waals surface area contributed by atoms with Crippen LogP contribution in [0.15, 0.2) is 4.99 Å². The Morgan fingerprint density at radius 1 is 1.03 bits per heavy atom. The third kappa shape index (κ3) is 4.26. The lowest BCUT2D eigenvalue weighted by atomic mass is 9.57. The summed E-state index contributed by atoms with van der Waals surface area (Å²) >= 11 is 0. The normalized spacial score (nSPS) is 33.1. The molecule has 4 fully saturated rings. The van der Waals surface area contributed by atoms with Crippen LogP contribution in [0.2, 0.25) is 0 Å². The van der Waals surface area contributed by atoms with Crippen LogP contribution in [0, 0.1) is 11.3 Å². The average molecular weight is 406 g/mol. The number of likely N-dealkylation sites (tertiary alicyclic amines) is 1. The first-order chi connectivity index (χ1) is 14.0. The second-order valence-corrected chi connectivity index (χ2v) is 9.79. The predicted octanol–water partition coefficient (Wildman–Crippen LogP) is 1.40. The molecule has 0 radical (unpaired) electrons. The molecule has 4 aliphatic rings. The van der Waals surface area contributed by atoms with E-state index in [0.717, 1.165) is 71.1 Å². The Kier molecular flexibility index (Phi) is 6.35. The number of hydrogen-bond donors (Lipinski definition) is 1. The first kappa shape index (κ1) is 20.9. The lowest BCUT2D eigenvalue weighted by molar-refractivity contribution is -0.132. The Bertz CT molecular complexity index is 606. The van der Waals surface area contributed by atoms with Gasteiger partial charge in [0.05, 0.1) is 12.6 Å². The molecule has 29 heavy (non-hydrogen) atoms. The van der Waals surface area contributed by atoms with Crippen molar-refractivity contribution in [3.63, 3.8) is 0 Å². The number of amides is 1. The third-order valence-electron chi connectivity index (χ3n) is 7.59. The number of nitrogens with zero attached hydrogens (tertiary/aromatic N) is 4. The van der Waals surface area contributed by atoms with E-state index in [1.165, 1.54) is 12.8 Å². The van der Waals surface area contributed by atoms with Crippen molar-refractivity contribution in [2.45, 2.75) is 58.1 Å². The number of piperazine rings is 1. The molecule has 1 aliphatic carbocycles. The summed E-state index contributed by atoms with van der Waals surface area (Å²) in [5.74, 6) is 1.92. The average Bonchev–Trinajstić information content (AvgIpc) is 3.00. The molecule has 0 bridgehead atoms. The minimum absolute atomic E-state index is 0.151. The van der Waals surface area contributed by atoms with Crippen molar-refractivity contribution in [1.82, 2.24) is 20.0 Å². The van der Waals surface area contributed by atoms with Crippen molar-refractivity contribution in [1.29, 1.82) is 0 Å². The topological polar surface area (TPSA) is 60.4 Å². The second-order valence-electron chi connectivity index (χ2n) is 9.79. The van der Waals surface area contributed by atoms with Gasteiger partial charge in [-0.15, -0.1) is 0 Å². The summed E-state index contributed by atoms with van der Waals surface area (Å²) in [5, 5.41) is 3.75. The number of hydrogen-bond acceptors (Lipinski definition) is 4. The number of fused-ring (bicyclic) bond motifs is 1. The molecule has 4 rings (SSSR count). The molecule has 3 saturated heterocycles. The Labute approximate surface area is 175 Å². The van der Waals surface area contributed by atoms with Crippen LogP contribution < -0.4 is 5.32 Å². The summed E-state index contributed by atoms with van der Waals surface area (Å²) in [7, 11) is 1.88. The molecule has 1 amide bonds. The van der Waals surface area contributed by atoms with Crippen molar-refractivity contribution in [3.8, 4) is 0 Å². The van der Waals surface area contributed by atoms with E-state index in [4.69, 9.17) is 4.74 Å². The van der Waals surface area contributed by atoms with Gasteiger partial charge in [0.15, 0.2) is 5.96 Å². The van der Waals surface area contributed by atoms with Crippen molar-refractivity contribution in [2.75, 3.05) is 59.5 Å². The van der Waals surface area contributed by atoms with Gasteiger partial charge in [-0.25, -0.2) is 0 Å². The number of guanidine groups is 1. The van der Waals surface area contributed by atoms with E-state index in [1.807, 2.05) is 7.05 Å². The van der Waals surface area contributed by atoms with Crippen LogP contribution in [0.4, 0.5) is 0 Å². The summed E-state index contributed by atoms with van der Waals surface area (Å²) in [5.41, 5.74) is 0.151. The van der Waals surface area contributed by atoms with Gasteiger partial charge in [0.2, 0.25) is 5.91 Å². The van der Waals surface area contributed by atoms with Crippen LogP contribution >= 0.6 is 0 Å². The van der Waals surface area contributed by atoms with Gasteiger partial charge in [0.1, 0.15) is 0 Å². The summed E-state index contributed by atoms with van der Waals surface area (Å²) in [6.07, 6.45) is 6.38. The largest absolute Gasteiger partial charge is 0.377 e. The monoisotopic (exact) mass is 405 g/mol. The molecular formula is C22H39N5O2. The fourth-order valence-electron chi connectivity index (χ4n) is 5.78. The zero-order valence-corrected chi connectivity index (χ0v) is 18.5. The molecule has 1 N–H and O–H groups in total. The van der Waals surface area contributed by atoms with Gasteiger partial charge in [-0.2, -0.15) is 0 Å². The highest BCUT2D eigenvalue weighted by molar-refractivity contribution is 5.81. The van der Waals surface area contributed by atoms with Crippen LogP contribution in [0.3, 0.4) is 0 Å². The zero-order valence-electron chi connectivity index (χ0n) is 18.5. The van der Waals surface area contributed by atoms with Crippen LogP contribution in [0.5, 0.6) is 0 Å². The first-order valence-corrected chi connectivity index (χ1v) is 11.6. The molecule has 3 unspecified atom stereocenters. The molecule has 7 nitrogen and oxygen atoms in total. The van der Waals surface area contributed by atoms with Crippen molar-refractivity contribution >= 4 is 11.9 Å². The molecule has 3 heterocycles. The van der Waals surface area contributed by atoms with Crippen molar-refractivity contribution in [3.05, 3.63) is 0 Å². The molecule has 0 aromatic rings. The van der Waals surface area contributed by atoms with Crippen LogP contribution in [-0.4, -0.2) is 98.2 Å². The van der Waals surface area contributed by atoms with Gasteiger partial charge in [-0.1, -0.05) is 26.7 Å². The summed E-state index contributed by atoms with van der Waals surface area (Å²) in [4.78, 5) is 24.0. The van der Waals surface area contributed by atoms with E-state index >= 15 is 0 Å². The minimum Gasteiger partial charge on any atom is -0.377 e. The Morgan fingerprint density at radius 2 is 1.72 bits per heavy atom. The maximum absolute atomic E-state index is 12.7. The lowest BCUT2D eigenvalue weighted by Crippen LogP contribution is -2.68. The van der Waals surface area contributed by atoms with Crippen LogP contribution in [0.1, 0.15) is 46.0 Å². The molecule has 3 atom stereocenters. The minimum atomic E-state index is 0.151. The Morgan fingerprint density at radius 3 is 2.38 bits per heavy atom. The van der Waals surface area contributed by atoms with Gasteiger partial charge in [-0.3, -0.25) is 14.7 Å². The summed E-state index contributed by atoms with van der Waals surface area (Å²) in [6, 6.07) is 0.427.